The fraction of sp³-hybridized carbons (Fsp3) is 0.394. The van der Waals surface area contributed by atoms with Crippen LogP contribution in [0, 0.1) is 5.92 Å². The van der Waals surface area contributed by atoms with Crippen molar-refractivity contribution in [2.75, 3.05) is 6.61 Å². The Labute approximate surface area is 226 Å². The highest BCUT2D eigenvalue weighted by atomic mass is 16.5. The molecule has 0 bridgehead atoms. The third kappa shape index (κ3) is 7.70. The zero-order chi connectivity index (χ0) is 27.5. The first-order valence-corrected chi connectivity index (χ1v) is 13.8. The van der Waals surface area contributed by atoms with Crippen LogP contribution in [0.4, 0.5) is 0 Å². The predicted octanol–water partition coefficient (Wildman–Crippen LogP) is 7.41. The third-order valence-corrected chi connectivity index (χ3v) is 7.11. The summed E-state index contributed by atoms with van der Waals surface area (Å²) in [5.41, 5.74) is 3.70. The summed E-state index contributed by atoms with van der Waals surface area (Å²) in [6, 6.07) is 18.4. The molecule has 1 N–H and O–H groups in total. The summed E-state index contributed by atoms with van der Waals surface area (Å²) < 4.78 is 5.95. The molecule has 0 heterocycles. The quantitative estimate of drug-likeness (QED) is 0.213. The second kappa shape index (κ2) is 14.4. The summed E-state index contributed by atoms with van der Waals surface area (Å²) >= 11 is 0. The van der Waals surface area contributed by atoms with Crippen molar-refractivity contribution in [3.8, 4) is 28.0 Å². The molecule has 0 fully saturated rings. The van der Waals surface area contributed by atoms with Crippen LogP contribution in [0.2, 0.25) is 0 Å². The fourth-order valence-corrected chi connectivity index (χ4v) is 4.73. The van der Waals surface area contributed by atoms with E-state index >= 15 is 0 Å². The lowest BCUT2D eigenvalue weighted by molar-refractivity contribution is -0.255. The molecule has 1 atom stereocenters. The topological polar surface area (TPSA) is 86.7 Å². The van der Waals surface area contributed by atoms with Gasteiger partial charge < -0.3 is 19.7 Å². The summed E-state index contributed by atoms with van der Waals surface area (Å²) in [5.74, 6) is -1.51. The molecule has 3 aromatic rings. The van der Waals surface area contributed by atoms with E-state index in [1.54, 1.807) is 12.1 Å². The molecule has 0 saturated heterocycles. The van der Waals surface area contributed by atoms with Gasteiger partial charge in [-0.3, -0.25) is 0 Å². The number of carbonyl (C=O) groups excluding carboxylic acids is 1. The zero-order valence-corrected chi connectivity index (χ0v) is 22.8. The molecule has 0 spiro atoms. The second-order valence-electron chi connectivity index (χ2n) is 10.1. The van der Waals surface area contributed by atoms with Gasteiger partial charge in [-0.1, -0.05) is 108 Å². The molecule has 0 aromatic heterocycles. The molecule has 0 amide bonds. The Morgan fingerprint density at radius 3 is 2.21 bits per heavy atom. The minimum atomic E-state index is -1.50. The Morgan fingerprint density at radius 1 is 0.868 bits per heavy atom. The smallest absolute Gasteiger partial charge is 0.336 e. The maximum Gasteiger partial charge on any atom is 0.336 e. The van der Waals surface area contributed by atoms with Crippen molar-refractivity contribution in [1.29, 1.82) is 0 Å². The van der Waals surface area contributed by atoms with Gasteiger partial charge in [-0.25, -0.2) is 4.79 Å². The molecule has 0 radical (unpaired) electrons. The molecule has 0 aliphatic rings. The summed E-state index contributed by atoms with van der Waals surface area (Å²) in [5, 5.41) is 21.4. The van der Waals surface area contributed by atoms with Crippen LogP contribution >= 0.6 is 0 Å². The lowest BCUT2D eigenvalue weighted by atomic mass is 9.87. The number of hydrogen-bond acceptors (Lipinski definition) is 4. The number of unbranched alkanes of at least 4 members (excludes halogenated alkanes) is 5. The lowest BCUT2D eigenvalue weighted by Crippen LogP contribution is -2.25. The number of aromatic carboxylic acids is 2. The van der Waals surface area contributed by atoms with Gasteiger partial charge in [0, 0.05) is 5.56 Å². The predicted molar refractivity (Wildman–Crippen MR) is 151 cm³/mol. The van der Waals surface area contributed by atoms with Crippen molar-refractivity contribution in [1.82, 2.24) is 0 Å². The Hall–Kier alpha value is -3.60. The van der Waals surface area contributed by atoms with Crippen molar-refractivity contribution in [3.63, 3.8) is 0 Å². The number of carboxylic acid groups (broad SMARTS) is 2. The average molecular weight is 516 g/mol. The minimum absolute atomic E-state index is 0.249. The normalized spacial score (nSPS) is 11.8. The first kappa shape index (κ1) is 29.0. The van der Waals surface area contributed by atoms with E-state index in [-0.39, 0.29) is 11.1 Å². The largest absolute Gasteiger partial charge is 0.545 e. The summed E-state index contributed by atoms with van der Waals surface area (Å²) in [6.07, 6.45) is 9.19. The van der Waals surface area contributed by atoms with Crippen LogP contribution in [-0.2, 0) is 6.42 Å². The lowest BCUT2D eigenvalue weighted by Gasteiger charge is -2.18. The van der Waals surface area contributed by atoms with E-state index in [0.29, 0.717) is 17.0 Å². The number of benzene rings is 3. The number of carboxylic acids is 2. The third-order valence-electron chi connectivity index (χ3n) is 7.11. The van der Waals surface area contributed by atoms with Crippen LogP contribution in [0.15, 0.2) is 60.7 Å². The second-order valence-corrected chi connectivity index (χ2v) is 10.1. The monoisotopic (exact) mass is 515 g/mol. The van der Waals surface area contributed by atoms with Gasteiger partial charge in [0.15, 0.2) is 0 Å². The molecular weight excluding hydrogens is 476 g/mol. The number of carbonyl (C=O) groups is 2. The Balaban J connectivity index is 1.86. The molecule has 1 unspecified atom stereocenters. The molecule has 38 heavy (non-hydrogen) atoms. The van der Waals surface area contributed by atoms with Gasteiger partial charge in [0.25, 0.3) is 0 Å². The van der Waals surface area contributed by atoms with Crippen molar-refractivity contribution in [2.45, 2.75) is 72.1 Å². The first-order valence-electron chi connectivity index (χ1n) is 13.8. The minimum Gasteiger partial charge on any atom is -0.545 e. The number of hydrogen-bond donors (Lipinski definition) is 1. The zero-order valence-electron chi connectivity index (χ0n) is 22.8. The van der Waals surface area contributed by atoms with Crippen molar-refractivity contribution < 1.29 is 24.5 Å². The van der Waals surface area contributed by atoms with Gasteiger partial charge >= 0.3 is 5.97 Å². The van der Waals surface area contributed by atoms with Gasteiger partial charge in [-0.05, 0) is 58.7 Å². The molecule has 0 saturated carbocycles. The van der Waals surface area contributed by atoms with Gasteiger partial charge in [-0.2, -0.15) is 0 Å². The molecule has 5 nitrogen and oxygen atoms in total. The van der Waals surface area contributed by atoms with Crippen LogP contribution < -0.4 is 9.84 Å². The van der Waals surface area contributed by atoms with Crippen LogP contribution in [-0.4, -0.2) is 23.7 Å². The first-order chi connectivity index (χ1) is 18.3. The van der Waals surface area contributed by atoms with E-state index in [1.807, 2.05) is 30.3 Å². The summed E-state index contributed by atoms with van der Waals surface area (Å²) in [4.78, 5) is 23.6. The Morgan fingerprint density at radius 2 is 1.55 bits per heavy atom. The van der Waals surface area contributed by atoms with E-state index in [9.17, 15) is 19.8 Å². The molecule has 3 rings (SSSR count). The molecule has 3 aromatic carbocycles. The highest BCUT2D eigenvalue weighted by Crippen LogP contribution is 2.34. The van der Waals surface area contributed by atoms with Gasteiger partial charge in [0.1, 0.15) is 5.75 Å². The highest BCUT2D eigenvalue weighted by molar-refractivity contribution is 6.06. The van der Waals surface area contributed by atoms with Crippen molar-refractivity contribution >= 4 is 11.9 Å². The van der Waals surface area contributed by atoms with Gasteiger partial charge in [0.2, 0.25) is 0 Å². The Kier molecular flexibility index (Phi) is 11.0. The van der Waals surface area contributed by atoms with Crippen LogP contribution in [0.3, 0.4) is 0 Å². The van der Waals surface area contributed by atoms with E-state index in [2.05, 4.69) is 32.9 Å². The fourth-order valence-electron chi connectivity index (χ4n) is 4.73. The van der Waals surface area contributed by atoms with E-state index < -0.39 is 11.9 Å². The Bertz CT molecular complexity index is 1210. The molecular formula is C33H39O5-. The average Bonchev–Trinajstić information content (AvgIpc) is 2.92. The molecule has 0 aliphatic carbocycles. The van der Waals surface area contributed by atoms with Crippen LogP contribution in [0.1, 0.15) is 92.0 Å². The molecule has 0 aliphatic heterocycles. The standard InChI is InChI=1S/C33H40O5/c1-4-6-7-8-9-10-20-38-27-17-14-24(15-18-27)28-19-16-25(22-26(28)21-23(3)5-2)29-12-11-13-30(32(34)35)31(29)33(36)37/h11-19,22-23H,4-10,20-21H2,1-3H3,(H,34,35)(H,36,37)/p-1. The van der Waals surface area contributed by atoms with Gasteiger partial charge in [-0.15, -0.1) is 0 Å². The van der Waals surface area contributed by atoms with Gasteiger partial charge in [0.05, 0.1) is 18.1 Å². The molecule has 202 valence electrons. The number of ether oxygens (including phenoxy) is 1. The maximum atomic E-state index is 12.0. The van der Waals surface area contributed by atoms with Crippen molar-refractivity contribution in [2.24, 2.45) is 5.92 Å². The van der Waals surface area contributed by atoms with E-state index in [0.717, 1.165) is 48.3 Å². The van der Waals surface area contributed by atoms with Crippen LogP contribution in [0.25, 0.3) is 22.3 Å². The van der Waals surface area contributed by atoms with E-state index in [1.165, 1.54) is 38.2 Å². The summed E-state index contributed by atoms with van der Waals surface area (Å²) in [6.45, 7) is 7.28. The van der Waals surface area contributed by atoms with E-state index in [4.69, 9.17) is 4.74 Å². The number of rotatable bonds is 15. The van der Waals surface area contributed by atoms with Crippen LogP contribution in [0.5, 0.6) is 5.75 Å². The molecule has 5 heteroatoms. The van der Waals surface area contributed by atoms with Crippen molar-refractivity contribution in [3.05, 3.63) is 77.4 Å². The summed E-state index contributed by atoms with van der Waals surface area (Å²) in [7, 11) is 0. The SMILES string of the molecule is CCCCCCCCOc1ccc(-c2ccc(-c3cccc(C(=O)[O-])c3C(=O)O)cc2CC(C)CC)cc1. The highest BCUT2D eigenvalue weighted by Gasteiger charge is 2.19. The maximum absolute atomic E-state index is 12.0.